The van der Waals surface area contributed by atoms with Crippen molar-refractivity contribution in [1.29, 1.82) is 5.26 Å². The van der Waals surface area contributed by atoms with E-state index in [1.807, 2.05) is 33.8 Å². The number of hydrogen-bond acceptors (Lipinski definition) is 1. The van der Waals surface area contributed by atoms with E-state index >= 15 is 0 Å². The third-order valence-electron chi connectivity index (χ3n) is 1.77. The SMILES string of the molecule is CC.CC(C)c1cccc(C#N)c1F. The van der Waals surface area contributed by atoms with E-state index in [0.717, 1.165) is 0 Å². The minimum atomic E-state index is -0.380. The lowest BCUT2D eigenvalue weighted by Crippen LogP contribution is -1.95. The van der Waals surface area contributed by atoms with Crippen LogP contribution in [0, 0.1) is 17.1 Å². The van der Waals surface area contributed by atoms with Crippen LogP contribution in [0.25, 0.3) is 0 Å². The zero-order valence-electron chi connectivity index (χ0n) is 9.13. The summed E-state index contributed by atoms with van der Waals surface area (Å²) in [6, 6.07) is 6.72. The van der Waals surface area contributed by atoms with Crippen LogP contribution in [0.4, 0.5) is 4.39 Å². The van der Waals surface area contributed by atoms with Gasteiger partial charge >= 0.3 is 0 Å². The van der Waals surface area contributed by atoms with Crippen LogP contribution in [0.2, 0.25) is 0 Å². The van der Waals surface area contributed by atoms with Gasteiger partial charge < -0.3 is 0 Å². The molecule has 2 heteroatoms. The zero-order valence-corrected chi connectivity index (χ0v) is 9.13. The van der Waals surface area contributed by atoms with Crippen LogP contribution < -0.4 is 0 Å². The fraction of sp³-hybridized carbons (Fsp3) is 0.417. The molecule has 0 radical (unpaired) electrons. The number of nitrogens with zero attached hydrogens (tertiary/aromatic N) is 1. The Morgan fingerprint density at radius 1 is 1.29 bits per heavy atom. The first-order valence-corrected chi connectivity index (χ1v) is 4.85. The molecule has 0 saturated heterocycles. The monoisotopic (exact) mass is 193 g/mol. The molecule has 0 aromatic heterocycles. The first-order chi connectivity index (χ1) is 6.66. The summed E-state index contributed by atoms with van der Waals surface area (Å²) in [5.41, 5.74) is 0.732. The van der Waals surface area contributed by atoms with Gasteiger partial charge in [0.15, 0.2) is 0 Å². The van der Waals surface area contributed by atoms with Crippen molar-refractivity contribution in [2.24, 2.45) is 0 Å². The van der Waals surface area contributed by atoms with Crippen molar-refractivity contribution in [2.45, 2.75) is 33.6 Å². The van der Waals surface area contributed by atoms with Gasteiger partial charge in [0.25, 0.3) is 0 Å². The molecular formula is C12H16FN. The number of nitriles is 1. The molecule has 0 aliphatic carbocycles. The molecule has 0 aliphatic heterocycles. The molecule has 0 heterocycles. The van der Waals surface area contributed by atoms with E-state index in [-0.39, 0.29) is 17.3 Å². The Kier molecular flexibility index (Phi) is 5.55. The predicted molar refractivity (Wildman–Crippen MR) is 56.6 cm³/mol. The molecule has 0 unspecified atom stereocenters. The second-order valence-corrected chi connectivity index (χ2v) is 2.98. The lowest BCUT2D eigenvalue weighted by molar-refractivity contribution is 0.595. The van der Waals surface area contributed by atoms with Gasteiger partial charge in [0.2, 0.25) is 0 Å². The topological polar surface area (TPSA) is 23.8 Å². The molecule has 1 aromatic carbocycles. The number of rotatable bonds is 1. The normalized spacial score (nSPS) is 8.93. The van der Waals surface area contributed by atoms with Gasteiger partial charge in [-0.15, -0.1) is 0 Å². The smallest absolute Gasteiger partial charge is 0.144 e. The highest BCUT2D eigenvalue weighted by atomic mass is 19.1. The van der Waals surface area contributed by atoms with E-state index in [0.29, 0.717) is 5.56 Å². The van der Waals surface area contributed by atoms with Gasteiger partial charge in [-0.3, -0.25) is 0 Å². The van der Waals surface area contributed by atoms with E-state index in [9.17, 15) is 4.39 Å². The fourth-order valence-electron chi connectivity index (χ4n) is 1.08. The Morgan fingerprint density at radius 2 is 1.86 bits per heavy atom. The molecule has 1 aromatic rings. The standard InChI is InChI=1S/C10H10FN.C2H6/c1-7(2)9-5-3-4-8(6-12)10(9)11;1-2/h3-5,7H,1-2H3;1-2H3. The van der Waals surface area contributed by atoms with Gasteiger partial charge in [0, 0.05) is 0 Å². The van der Waals surface area contributed by atoms with Crippen LogP contribution in [-0.2, 0) is 0 Å². The minimum absolute atomic E-state index is 0.123. The van der Waals surface area contributed by atoms with Crippen molar-refractivity contribution in [1.82, 2.24) is 0 Å². The van der Waals surface area contributed by atoms with Crippen molar-refractivity contribution >= 4 is 0 Å². The summed E-state index contributed by atoms with van der Waals surface area (Å²) in [6.45, 7) is 7.80. The first-order valence-electron chi connectivity index (χ1n) is 4.85. The van der Waals surface area contributed by atoms with E-state index in [1.165, 1.54) is 6.07 Å². The summed E-state index contributed by atoms with van der Waals surface area (Å²) in [7, 11) is 0. The van der Waals surface area contributed by atoms with Crippen molar-refractivity contribution < 1.29 is 4.39 Å². The molecule has 0 fully saturated rings. The summed E-state index contributed by atoms with van der Waals surface area (Å²) < 4.78 is 13.3. The summed E-state index contributed by atoms with van der Waals surface area (Å²) in [6.07, 6.45) is 0. The van der Waals surface area contributed by atoms with Crippen LogP contribution in [-0.4, -0.2) is 0 Å². The van der Waals surface area contributed by atoms with Gasteiger partial charge in [-0.25, -0.2) is 4.39 Å². The largest absolute Gasteiger partial charge is 0.205 e. The Bertz CT molecular complexity index is 324. The summed E-state index contributed by atoms with van der Waals surface area (Å²) in [5, 5.41) is 8.53. The van der Waals surface area contributed by atoms with Crippen LogP contribution in [0.1, 0.15) is 44.7 Å². The van der Waals surface area contributed by atoms with Crippen molar-refractivity contribution in [3.63, 3.8) is 0 Å². The highest BCUT2D eigenvalue weighted by Gasteiger charge is 2.09. The molecule has 0 spiro atoms. The summed E-state index contributed by atoms with van der Waals surface area (Å²) in [5.74, 6) is -0.256. The van der Waals surface area contributed by atoms with E-state index in [2.05, 4.69) is 0 Å². The lowest BCUT2D eigenvalue weighted by atomic mass is 10.0. The third kappa shape index (κ3) is 2.85. The van der Waals surface area contributed by atoms with Gasteiger partial charge in [-0.1, -0.05) is 39.8 Å². The Morgan fingerprint density at radius 3 is 2.29 bits per heavy atom. The predicted octanol–water partition coefficient (Wildman–Crippen LogP) is 3.85. The van der Waals surface area contributed by atoms with E-state index < -0.39 is 0 Å². The molecule has 0 atom stereocenters. The summed E-state index contributed by atoms with van der Waals surface area (Å²) >= 11 is 0. The molecule has 0 amide bonds. The molecule has 1 rings (SSSR count). The molecule has 0 aliphatic rings. The molecule has 14 heavy (non-hydrogen) atoms. The van der Waals surface area contributed by atoms with Gasteiger partial charge in [-0.2, -0.15) is 5.26 Å². The Labute approximate surface area is 85.2 Å². The molecular weight excluding hydrogens is 177 g/mol. The molecule has 0 saturated carbocycles. The van der Waals surface area contributed by atoms with E-state index in [4.69, 9.17) is 5.26 Å². The second kappa shape index (κ2) is 6.15. The van der Waals surface area contributed by atoms with Crippen molar-refractivity contribution in [2.75, 3.05) is 0 Å². The Hall–Kier alpha value is -1.36. The van der Waals surface area contributed by atoms with E-state index in [1.54, 1.807) is 12.1 Å². The molecule has 0 N–H and O–H groups in total. The number of hydrogen-bond donors (Lipinski definition) is 0. The third-order valence-corrected chi connectivity index (χ3v) is 1.77. The maximum Gasteiger partial charge on any atom is 0.144 e. The maximum absolute atomic E-state index is 13.3. The highest BCUT2D eigenvalue weighted by Crippen LogP contribution is 2.20. The molecule has 0 bridgehead atoms. The Balaban J connectivity index is 0.000000791. The van der Waals surface area contributed by atoms with Gasteiger partial charge in [0.1, 0.15) is 11.9 Å². The van der Waals surface area contributed by atoms with Crippen LogP contribution in [0.3, 0.4) is 0 Å². The molecule has 1 nitrogen and oxygen atoms in total. The number of benzene rings is 1. The second-order valence-electron chi connectivity index (χ2n) is 2.98. The average molecular weight is 193 g/mol. The van der Waals surface area contributed by atoms with Crippen LogP contribution >= 0.6 is 0 Å². The quantitative estimate of drug-likeness (QED) is 0.664. The van der Waals surface area contributed by atoms with Crippen LogP contribution in [0.5, 0.6) is 0 Å². The fourth-order valence-corrected chi connectivity index (χ4v) is 1.08. The number of halogens is 1. The zero-order chi connectivity index (χ0) is 11.1. The van der Waals surface area contributed by atoms with Crippen molar-refractivity contribution in [3.05, 3.63) is 35.1 Å². The van der Waals surface area contributed by atoms with Gasteiger partial charge in [0.05, 0.1) is 5.56 Å². The van der Waals surface area contributed by atoms with Gasteiger partial charge in [-0.05, 0) is 17.5 Å². The molecule has 76 valence electrons. The van der Waals surface area contributed by atoms with Crippen molar-refractivity contribution in [3.8, 4) is 6.07 Å². The lowest BCUT2D eigenvalue weighted by Gasteiger charge is -2.06. The highest BCUT2D eigenvalue weighted by molar-refractivity contribution is 5.36. The van der Waals surface area contributed by atoms with Crippen LogP contribution in [0.15, 0.2) is 18.2 Å². The minimum Gasteiger partial charge on any atom is -0.205 e. The maximum atomic E-state index is 13.3. The average Bonchev–Trinajstić information content (AvgIpc) is 2.21. The summed E-state index contributed by atoms with van der Waals surface area (Å²) in [4.78, 5) is 0. The first kappa shape index (κ1) is 12.6.